The lowest BCUT2D eigenvalue weighted by molar-refractivity contribution is -0.143. The van der Waals surface area contributed by atoms with Crippen molar-refractivity contribution in [2.45, 2.75) is 321 Å². The van der Waals surface area contributed by atoms with Crippen molar-refractivity contribution in [3.8, 4) is 0 Å². The minimum absolute atomic E-state index is 0.0111. The van der Waals surface area contributed by atoms with Crippen LogP contribution in [0.15, 0.2) is 36.5 Å². The summed E-state index contributed by atoms with van der Waals surface area (Å²) in [5, 5.41) is 23.1. The van der Waals surface area contributed by atoms with Gasteiger partial charge in [-0.3, -0.25) is 9.59 Å². The third-order valence-electron chi connectivity index (χ3n) is 13.4. The van der Waals surface area contributed by atoms with E-state index in [4.69, 9.17) is 4.74 Å². The molecule has 0 saturated carbocycles. The summed E-state index contributed by atoms with van der Waals surface area (Å²) in [4.78, 5) is 24.5. The van der Waals surface area contributed by atoms with Crippen molar-refractivity contribution in [1.29, 1.82) is 0 Å². The molecule has 1 amide bonds. The van der Waals surface area contributed by atoms with Gasteiger partial charge in [0.25, 0.3) is 0 Å². The average Bonchev–Trinajstić information content (AvgIpc) is 3.32. The fourth-order valence-corrected chi connectivity index (χ4v) is 8.90. The maximum atomic E-state index is 12.5. The van der Waals surface area contributed by atoms with Crippen molar-refractivity contribution in [1.82, 2.24) is 5.32 Å². The predicted molar refractivity (Wildman–Crippen MR) is 287 cm³/mol. The molecular weight excluding hydrogens is 815 g/mol. The molecule has 0 aromatic carbocycles. The summed E-state index contributed by atoms with van der Waals surface area (Å²) in [6, 6.07) is -0.637. The molecule has 6 heteroatoms. The number of hydrogen-bond acceptors (Lipinski definition) is 5. The van der Waals surface area contributed by atoms with Crippen LogP contribution in [0.2, 0.25) is 0 Å². The van der Waals surface area contributed by atoms with Gasteiger partial charge in [-0.15, -0.1) is 0 Å². The number of allylic oxidation sites excluding steroid dienone is 5. The van der Waals surface area contributed by atoms with E-state index >= 15 is 0 Å². The minimum Gasteiger partial charge on any atom is -0.466 e. The molecule has 3 N–H and O–H groups in total. The highest BCUT2D eigenvalue weighted by molar-refractivity contribution is 5.76. The lowest BCUT2D eigenvalue weighted by Crippen LogP contribution is -2.45. The van der Waals surface area contributed by atoms with Gasteiger partial charge < -0.3 is 20.3 Å². The number of rotatable bonds is 54. The van der Waals surface area contributed by atoms with Gasteiger partial charge in [-0.2, -0.15) is 0 Å². The van der Waals surface area contributed by atoms with Crippen LogP contribution in [0.25, 0.3) is 0 Å². The summed E-state index contributed by atoms with van der Waals surface area (Å²) in [5.74, 6) is -0.0884. The van der Waals surface area contributed by atoms with Crippen LogP contribution in [-0.2, 0) is 14.3 Å². The molecule has 6 nitrogen and oxygen atoms in total. The van der Waals surface area contributed by atoms with Gasteiger partial charge in [0.1, 0.15) is 0 Å². The van der Waals surface area contributed by atoms with E-state index in [1.807, 2.05) is 6.08 Å². The number of aliphatic hydroxyl groups excluding tert-OH is 2. The number of esters is 1. The quantitative estimate of drug-likeness (QED) is 0.0321. The van der Waals surface area contributed by atoms with Crippen molar-refractivity contribution in [2.24, 2.45) is 0 Å². The Hall–Kier alpha value is -1.92. The molecular formula is C60H113NO5. The van der Waals surface area contributed by atoms with Crippen LogP contribution in [0.3, 0.4) is 0 Å². The summed E-state index contributed by atoms with van der Waals surface area (Å²) >= 11 is 0. The summed E-state index contributed by atoms with van der Waals surface area (Å²) in [5.41, 5.74) is 0. The van der Waals surface area contributed by atoms with E-state index in [1.54, 1.807) is 6.08 Å². The fraction of sp³-hybridized carbons (Fsp3) is 0.867. The van der Waals surface area contributed by atoms with Gasteiger partial charge in [0.2, 0.25) is 5.91 Å². The lowest BCUT2D eigenvalue weighted by atomic mass is 10.0. The molecule has 0 radical (unpaired) electrons. The third kappa shape index (κ3) is 51.5. The van der Waals surface area contributed by atoms with Gasteiger partial charge in [0.15, 0.2) is 0 Å². The normalized spacial score (nSPS) is 12.8. The first kappa shape index (κ1) is 64.1. The monoisotopic (exact) mass is 928 g/mol. The Bertz CT molecular complexity index is 1070. The number of aliphatic hydroxyl groups is 2. The molecule has 0 spiro atoms. The Morgan fingerprint density at radius 1 is 0.424 bits per heavy atom. The van der Waals surface area contributed by atoms with Crippen LogP contribution < -0.4 is 5.32 Å². The Balaban J connectivity index is 3.47. The highest BCUT2D eigenvalue weighted by Crippen LogP contribution is 2.17. The van der Waals surface area contributed by atoms with Gasteiger partial charge in [0, 0.05) is 12.8 Å². The van der Waals surface area contributed by atoms with Crippen LogP contribution in [-0.4, -0.2) is 47.4 Å². The number of hydrogen-bond donors (Lipinski definition) is 3. The molecule has 0 aliphatic rings. The van der Waals surface area contributed by atoms with Gasteiger partial charge >= 0.3 is 5.97 Å². The molecule has 0 fully saturated rings. The van der Waals surface area contributed by atoms with Crippen molar-refractivity contribution in [3.05, 3.63) is 36.5 Å². The Kier molecular flexibility index (Phi) is 54.1. The second-order valence-electron chi connectivity index (χ2n) is 20.0. The molecule has 0 heterocycles. The standard InChI is InChI=1S/C60H113NO5/c1-3-5-7-9-11-13-15-17-19-21-23-24-28-32-36-40-44-48-52-58(63)57(56-62)61-59(64)53-49-45-41-37-33-29-26-27-31-35-39-43-47-51-55-66-60(65)54-50-46-42-38-34-30-25-22-20-18-16-14-12-10-8-6-4-2/h12,14,18,20,48,52,57-58,62-63H,3-11,13,15-17,19,21-47,49-51,53-56H2,1-2H3,(H,61,64)/b14-12-,20-18-,52-48+. The Morgan fingerprint density at radius 2 is 0.758 bits per heavy atom. The predicted octanol–water partition coefficient (Wildman–Crippen LogP) is 18.0. The van der Waals surface area contributed by atoms with Crippen molar-refractivity contribution in [2.75, 3.05) is 13.2 Å². The summed E-state index contributed by atoms with van der Waals surface area (Å²) in [6.45, 7) is 4.86. The van der Waals surface area contributed by atoms with Crippen LogP contribution in [0, 0.1) is 0 Å². The Morgan fingerprint density at radius 3 is 1.18 bits per heavy atom. The van der Waals surface area contributed by atoms with Gasteiger partial charge in [0.05, 0.1) is 25.4 Å². The van der Waals surface area contributed by atoms with Crippen molar-refractivity contribution in [3.63, 3.8) is 0 Å². The molecule has 0 aliphatic heterocycles. The number of carbonyl (C=O) groups is 2. The largest absolute Gasteiger partial charge is 0.466 e. The number of ether oxygens (including phenoxy) is 1. The molecule has 66 heavy (non-hydrogen) atoms. The van der Waals surface area contributed by atoms with E-state index in [2.05, 4.69) is 43.5 Å². The van der Waals surface area contributed by atoms with Gasteiger partial charge in [-0.1, -0.05) is 269 Å². The van der Waals surface area contributed by atoms with Crippen LogP contribution in [0.5, 0.6) is 0 Å². The van der Waals surface area contributed by atoms with E-state index in [1.165, 1.54) is 218 Å². The molecule has 0 rings (SSSR count). The first-order chi connectivity index (χ1) is 32.5. The van der Waals surface area contributed by atoms with Gasteiger partial charge in [-0.05, 0) is 64.2 Å². The number of carbonyl (C=O) groups excluding carboxylic acids is 2. The van der Waals surface area contributed by atoms with E-state index in [0.29, 0.717) is 19.4 Å². The minimum atomic E-state index is -0.853. The van der Waals surface area contributed by atoms with Crippen LogP contribution >= 0.6 is 0 Å². The number of nitrogens with one attached hydrogen (secondary N) is 1. The second-order valence-corrected chi connectivity index (χ2v) is 20.0. The second kappa shape index (κ2) is 55.7. The fourth-order valence-electron chi connectivity index (χ4n) is 8.90. The third-order valence-corrected chi connectivity index (χ3v) is 13.4. The lowest BCUT2D eigenvalue weighted by Gasteiger charge is -2.20. The van der Waals surface area contributed by atoms with Crippen molar-refractivity contribution >= 4 is 11.9 Å². The van der Waals surface area contributed by atoms with Crippen LogP contribution in [0.4, 0.5) is 0 Å². The zero-order chi connectivity index (χ0) is 47.9. The molecule has 0 aromatic rings. The first-order valence-corrected chi connectivity index (χ1v) is 29.3. The molecule has 0 bridgehead atoms. The summed E-state index contributed by atoms with van der Waals surface area (Å²) in [6.07, 6.45) is 68.7. The number of unbranched alkanes of at least 4 members (excludes halogenated alkanes) is 39. The van der Waals surface area contributed by atoms with E-state index in [-0.39, 0.29) is 18.5 Å². The summed E-state index contributed by atoms with van der Waals surface area (Å²) in [7, 11) is 0. The smallest absolute Gasteiger partial charge is 0.305 e. The van der Waals surface area contributed by atoms with E-state index < -0.39 is 12.1 Å². The maximum Gasteiger partial charge on any atom is 0.305 e. The SMILES string of the molecule is CCCCC/C=C\C/C=C\CCCCCCCCCC(=O)OCCCCCCCCCCCCCCCCC(=O)NC(CO)C(O)/C=C/CCCCCCCCCCCCCCCCCC. The zero-order valence-electron chi connectivity index (χ0n) is 44.2. The Labute approximate surface area is 411 Å². The molecule has 0 aromatic heterocycles. The van der Waals surface area contributed by atoms with Crippen molar-refractivity contribution < 1.29 is 24.5 Å². The highest BCUT2D eigenvalue weighted by Gasteiger charge is 2.18. The maximum absolute atomic E-state index is 12.5. The molecule has 2 unspecified atom stereocenters. The highest BCUT2D eigenvalue weighted by atomic mass is 16.5. The van der Waals surface area contributed by atoms with Gasteiger partial charge in [-0.25, -0.2) is 0 Å². The van der Waals surface area contributed by atoms with E-state index in [0.717, 1.165) is 64.2 Å². The molecule has 0 aliphatic carbocycles. The summed E-state index contributed by atoms with van der Waals surface area (Å²) < 4.78 is 5.48. The average molecular weight is 929 g/mol. The number of amides is 1. The molecule has 2 atom stereocenters. The zero-order valence-corrected chi connectivity index (χ0v) is 44.2. The molecule has 0 saturated heterocycles. The van der Waals surface area contributed by atoms with Crippen LogP contribution in [0.1, 0.15) is 309 Å². The van der Waals surface area contributed by atoms with E-state index in [9.17, 15) is 19.8 Å². The topological polar surface area (TPSA) is 95.9 Å². The molecule has 388 valence electrons. The first-order valence-electron chi connectivity index (χ1n) is 29.3.